The van der Waals surface area contributed by atoms with E-state index in [9.17, 15) is 4.79 Å². The number of rotatable bonds is 1. The second kappa shape index (κ2) is 10.3. The number of primary amides is 1. The van der Waals surface area contributed by atoms with Crippen molar-refractivity contribution in [2.75, 3.05) is 6.54 Å². The third-order valence-electron chi connectivity index (χ3n) is 1.40. The van der Waals surface area contributed by atoms with Gasteiger partial charge in [-0.3, -0.25) is 4.79 Å². The van der Waals surface area contributed by atoms with Crippen LogP contribution in [0.1, 0.15) is 12.8 Å². The van der Waals surface area contributed by atoms with Crippen LogP contribution in [0, 0.1) is 0 Å². The molecule has 0 aromatic rings. The van der Waals surface area contributed by atoms with Crippen LogP contribution in [0.15, 0.2) is 0 Å². The van der Waals surface area contributed by atoms with Crippen LogP contribution in [0.4, 0.5) is 0 Å². The number of hydrogen-bond acceptors (Lipinski definition) is 2. The van der Waals surface area contributed by atoms with E-state index >= 15 is 0 Å². The Morgan fingerprint density at radius 1 is 1.25 bits per heavy atom. The van der Waals surface area contributed by atoms with Crippen LogP contribution in [0.3, 0.4) is 0 Å². The van der Waals surface area contributed by atoms with Crippen molar-refractivity contribution in [1.82, 2.24) is 5.32 Å². The largest absolute Gasteiger partial charge is 0.412 e. The minimum atomic E-state index is -0.220. The normalized spacial score (nSPS) is 18.8. The van der Waals surface area contributed by atoms with Crippen LogP contribution in [-0.2, 0) is 4.79 Å². The van der Waals surface area contributed by atoms with Crippen LogP contribution in [0.25, 0.3) is 0 Å². The summed E-state index contributed by atoms with van der Waals surface area (Å²) in [6.07, 6.45) is 1.99. The highest BCUT2D eigenvalue weighted by Gasteiger charge is 2.18. The van der Waals surface area contributed by atoms with E-state index < -0.39 is 0 Å². The maximum Gasteiger partial charge on any atom is 0.234 e. The molecule has 1 saturated heterocycles. The van der Waals surface area contributed by atoms with Crippen molar-refractivity contribution in [3.8, 4) is 0 Å². The molecule has 0 aliphatic carbocycles. The quantitative estimate of drug-likeness (QED) is 0.422. The number of carbonyl (C=O) groups is 1. The fraction of sp³-hybridized carbons (Fsp3) is 0.800. The molecule has 0 spiro atoms. The Balaban J connectivity index is -0.0000000800. The van der Waals surface area contributed by atoms with Crippen molar-refractivity contribution in [2.45, 2.75) is 18.9 Å². The third kappa shape index (κ3) is 6.01. The van der Waals surface area contributed by atoms with Crippen molar-refractivity contribution < 1.29 is 26.7 Å². The number of nitrogens with two attached hydrogens (primary N) is 1. The Bertz CT molecular complexity index is 104. The summed E-state index contributed by atoms with van der Waals surface area (Å²) in [7, 11) is 0. The third-order valence-corrected chi connectivity index (χ3v) is 1.40. The summed E-state index contributed by atoms with van der Waals surface area (Å²) in [5.41, 5.74) is 5.00. The molecule has 1 heterocycles. The van der Waals surface area contributed by atoms with Gasteiger partial charge < -0.3 is 33.0 Å². The molecule has 0 bridgehead atoms. The zero-order valence-corrected chi connectivity index (χ0v) is 6.68. The molecule has 12 heavy (non-hydrogen) atoms. The molecule has 1 atom stereocenters. The maximum atomic E-state index is 10.4. The first-order valence-electron chi connectivity index (χ1n) is 2.83. The zero-order chi connectivity index (χ0) is 5.98. The molecule has 0 saturated carbocycles. The van der Waals surface area contributed by atoms with Crippen LogP contribution in [0.2, 0.25) is 0 Å². The molecular formula is C5H18N2O5. The molecule has 1 fully saturated rings. The lowest BCUT2D eigenvalue weighted by atomic mass is 10.2. The zero-order valence-electron chi connectivity index (χ0n) is 6.68. The van der Waals surface area contributed by atoms with E-state index in [1.54, 1.807) is 0 Å². The van der Waals surface area contributed by atoms with Crippen molar-refractivity contribution in [1.29, 1.82) is 0 Å². The van der Waals surface area contributed by atoms with E-state index in [1.807, 2.05) is 0 Å². The molecular weight excluding hydrogens is 168 g/mol. The number of hydrogen-bond donors (Lipinski definition) is 2. The number of carbonyl (C=O) groups excluding carboxylic acids is 1. The van der Waals surface area contributed by atoms with Gasteiger partial charge in [-0.2, -0.15) is 0 Å². The van der Waals surface area contributed by atoms with Crippen molar-refractivity contribution >= 4 is 5.91 Å². The average Bonchev–Trinajstić information content (AvgIpc) is 2.12. The van der Waals surface area contributed by atoms with Gasteiger partial charge in [-0.25, -0.2) is 0 Å². The molecule has 1 aliphatic heterocycles. The van der Waals surface area contributed by atoms with Gasteiger partial charge >= 0.3 is 0 Å². The van der Waals surface area contributed by atoms with Gasteiger partial charge in [-0.15, -0.1) is 0 Å². The first kappa shape index (κ1) is 22.5. The second-order valence-corrected chi connectivity index (χ2v) is 2.05. The Morgan fingerprint density at radius 2 is 1.75 bits per heavy atom. The van der Waals surface area contributed by atoms with Gasteiger partial charge in [0.05, 0.1) is 6.04 Å². The first-order chi connectivity index (χ1) is 3.80. The van der Waals surface area contributed by atoms with Crippen molar-refractivity contribution in [2.24, 2.45) is 5.73 Å². The monoisotopic (exact) mass is 186 g/mol. The highest BCUT2D eigenvalue weighted by Crippen LogP contribution is 2.02. The minimum Gasteiger partial charge on any atom is -0.412 e. The van der Waals surface area contributed by atoms with Gasteiger partial charge in [-0.05, 0) is 19.4 Å². The summed E-state index contributed by atoms with van der Waals surface area (Å²) in [5, 5.41) is 2.98. The van der Waals surface area contributed by atoms with Gasteiger partial charge in [-0.1, -0.05) is 0 Å². The van der Waals surface area contributed by atoms with Crippen LogP contribution in [0.5, 0.6) is 0 Å². The molecule has 0 aromatic carbocycles. The van der Waals surface area contributed by atoms with Gasteiger partial charge in [0.25, 0.3) is 0 Å². The molecule has 1 amide bonds. The predicted molar refractivity (Wildman–Crippen MR) is 44.7 cm³/mol. The maximum absolute atomic E-state index is 10.4. The Kier molecular flexibility index (Phi) is 19.2. The van der Waals surface area contributed by atoms with Gasteiger partial charge in [0.15, 0.2) is 0 Å². The van der Waals surface area contributed by atoms with E-state index in [0.717, 1.165) is 19.4 Å². The standard InChI is InChI=1S/C5H10N2O.4H2O/c6-5(8)4-2-1-3-7-4;;;;/h4,7H,1-3H2,(H2,6,8);4*1H2/t4-;;;;/m0..../s1. The average molecular weight is 186 g/mol. The molecule has 0 radical (unpaired) electrons. The van der Waals surface area contributed by atoms with Gasteiger partial charge in [0, 0.05) is 0 Å². The molecule has 7 heteroatoms. The lowest BCUT2D eigenvalue weighted by molar-refractivity contribution is -0.119. The predicted octanol–water partition coefficient (Wildman–Crippen LogP) is -4.08. The van der Waals surface area contributed by atoms with Gasteiger partial charge in [0.2, 0.25) is 5.91 Å². The molecule has 0 aromatic heterocycles. The SMILES string of the molecule is NC(=O)[C@@H]1CCCN1.O.O.O.O. The Labute approximate surface area is 70.2 Å². The van der Waals surface area contributed by atoms with E-state index in [2.05, 4.69) is 5.32 Å². The summed E-state index contributed by atoms with van der Waals surface area (Å²) in [6.45, 7) is 0.938. The number of amides is 1. The van der Waals surface area contributed by atoms with E-state index in [4.69, 9.17) is 5.73 Å². The first-order valence-corrected chi connectivity index (χ1v) is 2.83. The summed E-state index contributed by atoms with van der Waals surface area (Å²) >= 11 is 0. The smallest absolute Gasteiger partial charge is 0.234 e. The topological polar surface area (TPSA) is 181 Å². The summed E-state index contributed by atoms with van der Waals surface area (Å²) < 4.78 is 0. The minimum absolute atomic E-state index is 0. The molecule has 11 N–H and O–H groups in total. The summed E-state index contributed by atoms with van der Waals surface area (Å²) in [4.78, 5) is 10.4. The lowest BCUT2D eigenvalue weighted by Gasteiger charge is -2.01. The van der Waals surface area contributed by atoms with E-state index in [1.165, 1.54) is 0 Å². The summed E-state index contributed by atoms with van der Waals surface area (Å²) in [5.74, 6) is -0.220. The molecule has 1 rings (SSSR count). The van der Waals surface area contributed by atoms with E-state index in [0.29, 0.717) is 0 Å². The Morgan fingerprint density at radius 3 is 1.92 bits per heavy atom. The van der Waals surface area contributed by atoms with Crippen molar-refractivity contribution in [3.63, 3.8) is 0 Å². The highest BCUT2D eigenvalue weighted by atomic mass is 16.1. The number of nitrogens with one attached hydrogen (secondary N) is 1. The summed E-state index contributed by atoms with van der Waals surface area (Å²) in [6, 6.07) is -0.0463. The fourth-order valence-corrected chi connectivity index (χ4v) is 0.927. The fourth-order valence-electron chi connectivity index (χ4n) is 0.927. The Hall–Kier alpha value is -0.730. The molecule has 7 nitrogen and oxygen atoms in total. The second-order valence-electron chi connectivity index (χ2n) is 2.05. The van der Waals surface area contributed by atoms with Gasteiger partial charge in [0.1, 0.15) is 0 Å². The molecule has 78 valence electrons. The van der Waals surface area contributed by atoms with E-state index in [-0.39, 0.29) is 33.9 Å². The lowest BCUT2D eigenvalue weighted by Crippen LogP contribution is -2.36. The van der Waals surface area contributed by atoms with Crippen molar-refractivity contribution in [3.05, 3.63) is 0 Å². The van der Waals surface area contributed by atoms with Crippen LogP contribution < -0.4 is 11.1 Å². The highest BCUT2D eigenvalue weighted by molar-refractivity contribution is 5.80. The van der Waals surface area contributed by atoms with Crippen LogP contribution >= 0.6 is 0 Å². The molecule has 1 aliphatic rings. The van der Waals surface area contributed by atoms with Crippen LogP contribution in [-0.4, -0.2) is 40.4 Å². The molecule has 0 unspecified atom stereocenters.